The van der Waals surface area contributed by atoms with Gasteiger partial charge in [-0.25, -0.2) is 0 Å². The van der Waals surface area contributed by atoms with Crippen LogP contribution in [0.15, 0.2) is 42.5 Å². The van der Waals surface area contributed by atoms with E-state index < -0.39 is 0 Å². The first-order chi connectivity index (χ1) is 13.0. The summed E-state index contributed by atoms with van der Waals surface area (Å²) in [6.07, 6.45) is 1.89. The van der Waals surface area contributed by atoms with E-state index in [-0.39, 0.29) is 30.9 Å². The van der Waals surface area contributed by atoms with E-state index in [1.807, 2.05) is 6.07 Å². The van der Waals surface area contributed by atoms with Gasteiger partial charge in [0.25, 0.3) is 5.91 Å². The Morgan fingerprint density at radius 3 is 2.81 bits per heavy atom. The summed E-state index contributed by atoms with van der Waals surface area (Å²) in [4.78, 5) is 14.4. The van der Waals surface area contributed by atoms with E-state index in [0.717, 1.165) is 12.8 Å². The molecule has 0 radical (unpaired) electrons. The molecule has 1 unspecified atom stereocenters. The molecule has 3 rings (SSSR count). The normalized spacial score (nSPS) is 16.3. The number of aromatic hydroxyl groups is 1. The maximum absolute atomic E-state index is 12.8. The molecule has 0 aliphatic carbocycles. The molecule has 7 heteroatoms. The SMILES string of the molecule is O=C(COc1cc(Cl)ccc1Cl)N(Cc1ccccc1O)CC1CCCO1. The Labute approximate surface area is 168 Å². The lowest BCUT2D eigenvalue weighted by molar-refractivity contribution is -0.135. The third kappa shape index (κ3) is 5.51. The summed E-state index contributed by atoms with van der Waals surface area (Å²) >= 11 is 12.0. The summed E-state index contributed by atoms with van der Waals surface area (Å²) in [5.74, 6) is 0.295. The van der Waals surface area contributed by atoms with Crippen LogP contribution in [0.5, 0.6) is 11.5 Å². The minimum Gasteiger partial charge on any atom is -0.508 e. The third-order valence-corrected chi connectivity index (χ3v) is 4.95. The van der Waals surface area contributed by atoms with E-state index in [2.05, 4.69) is 0 Å². The molecule has 0 spiro atoms. The molecule has 0 saturated carbocycles. The molecule has 27 heavy (non-hydrogen) atoms. The van der Waals surface area contributed by atoms with Gasteiger partial charge in [-0.1, -0.05) is 41.4 Å². The van der Waals surface area contributed by atoms with Gasteiger partial charge in [0.05, 0.1) is 11.1 Å². The summed E-state index contributed by atoms with van der Waals surface area (Å²) in [7, 11) is 0. The largest absolute Gasteiger partial charge is 0.508 e. The number of halogens is 2. The van der Waals surface area contributed by atoms with Gasteiger partial charge in [-0.2, -0.15) is 0 Å². The van der Waals surface area contributed by atoms with Crippen LogP contribution in [0.3, 0.4) is 0 Å². The lowest BCUT2D eigenvalue weighted by atomic mass is 10.1. The minimum atomic E-state index is -0.218. The predicted molar refractivity (Wildman–Crippen MR) is 104 cm³/mol. The minimum absolute atomic E-state index is 0.00503. The molecule has 1 aliphatic heterocycles. The smallest absolute Gasteiger partial charge is 0.260 e. The first kappa shape index (κ1) is 19.8. The Morgan fingerprint density at radius 1 is 1.26 bits per heavy atom. The van der Waals surface area contributed by atoms with Crippen LogP contribution in [-0.2, 0) is 16.1 Å². The molecule has 0 bridgehead atoms. The van der Waals surface area contributed by atoms with E-state index >= 15 is 0 Å². The van der Waals surface area contributed by atoms with Crippen LogP contribution < -0.4 is 4.74 Å². The standard InChI is InChI=1S/C20H21Cl2NO4/c21-15-7-8-17(22)19(10-15)27-13-20(25)23(12-16-5-3-9-26-16)11-14-4-1-2-6-18(14)24/h1-2,4,6-8,10,16,24H,3,5,9,11-13H2. The first-order valence-electron chi connectivity index (χ1n) is 8.77. The Bertz CT molecular complexity index is 793. The molecule has 5 nitrogen and oxygen atoms in total. The Kier molecular flexibility index (Phi) is 6.83. The number of ether oxygens (including phenoxy) is 2. The summed E-state index contributed by atoms with van der Waals surface area (Å²) in [6, 6.07) is 11.8. The van der Waals surface area contributed by atoms with Gasteiger partial charge in [-0.15, -0.1) is 0 Å². The molecule has 0 aromatic heterocycles. The fraction of sp³-hybridized carbons (Fsp3) is 0.350. The van der Waals surface area contributed by atoms with Crippen molar-refractivity contribution in [1.82, 2.24) is 4.90 Å². The van der Waals surface area contributed by atoms with Gasteiger partial charge < -0.3 is 19.5 Å². The number of amides is 1. The van der Waals surface area contributed by atoms with Crippen LogP contribution in [0.25, 0.3) is 0 Å². The van der Waals surface area contributed by atoms with Crippen LogP contribution >= 0.6 is 23.2 Å². The predicted octanol–water partition coefficient (Wildman–Crippen LogP) is 4.29. The second-order valence-electron chi connectivity index (χ2n) is 6.40. The fourth-order valence-corrected chi connectivity index (χ4v) is 3.29. The molecule has 144 valence electrons. The van der Waals surface area contributed by atoms with Crippen LogP contribution in [-0.4, -0.2) is 41.8 Å². The van der Waals surface area contributed by atoms with E-state index in [9.17, 15) is 9.90 Å². The number of carbonyl (C=O) groups is 1. The molecule has 2 aromatic carbocycles. The van der Waals surface area contributed by atoms with Crippen molar-refractivity contribution in [2.45, 2.75) is 25.5 Å². The van der Waals surface area contributed by atoms with Crippen molar-refractivity contribution in [3.63, 3.8) is 0 Å². The second kappa shape index (κ2) is 9.31. The number of para-hydroxylation sites is 1. The lowest BCUT2D eigenvalue weighted by Crippen LogP contribution is -2.39. The number of hydrogen-bond acceptors (Lipinski definition) is 4. The van der Waals surface area contributed by atoms with Crippen molar-refractivity contribution < 1.29 is 19.4 Å². The number of phenolic OH excluding ortho intramolecular Hbond substituents is 1. The number of benzene rings is 2. The first-order valence-corrected chi connectivity index (χ1v) is 9.52. The summed E-state index contributed by atoms with van der Waals surface area (Å²) < 4.78 is 11.2. The third-order valence-electron chi connectivity index (χ3n) is 4.40. The van der Waals surface area contributed by atoms with Gasteiger partial charge in [0.15, 0.2) is 6.61 Å². The summed E-state index contributed by atoms with van der Waals surface area (Å²) in [5.41, 5.74) is 0.671. The highest BCUT2D eigenvalue weighted by Gasteiger charge is 2.24. The molecular weight excluding hydrogens is 389 g/mol. The lowest BCUT2D eigenvalue weighted by Gasteiger charge is -2.26. The molecule has 2 aromatic rings. The summed E-state index contributed by atoms with van der Waals surface area (Å²) in [5, 5.41) is 10.9. The second-order valence-corrected chi connectivity index (χ2v) is 7.25. The van der Waals surface area contributed by atoms with Crippen molar-refractivity contribution in [1.29, 1.82) is 0 Å². The van der Waals surface area contributed by atoms with E-state index in [0.29, 0.717) is 34.5 Å². The number of nitrogens with zero attached hydrogens (tertiary/aromatic N) is 1. The Balaban J connectivity index is 1.69. The van der Waals surface area contributed by atoms with Crippen LogP contribution in [0.4, 0.5) is 0 Å². The molecule has 1 saturated heterocycles. The average molecular weight is 410 g/mol. The van der Waals surface area contributed by atoms with Gasteiger partial charge in [0, 0.05) is 36.3 Å². The molecule has 1 atom stereocenters. The maximum Gasteiger partial charge on any atom is 0.260 e. The van der Waals surface area contributed by atoms with Crippen molar-refractivity contribution in [3.8, 4) is 11.5 Å². The number of rotatable bonds is 7. The van der Waals surface area contributed by atoms with Gasteiger partial charge in [-0.3, -0.25) is 4.79 Å². The fourth-order valence-electron chi connectivity index (χ4n) is 2.96. The quantitative estimate of drug-likeness (QED) is 0.740. The average Bonchev–Trinajstić information content (AvgIpc) is 3.16. The van der Waals surface area contributed by atoms with Crippen LogP contribution in [0.1, 0.15) is 18.4 Å². The summed E-state index contributed by atoms with van der Waals surface area (Å²) in [6.45, 7) is 1.25. The molecular formula is C20H21Cl2NO4. The van der Waals surface area contributed by atoms with Gasteiger partial charge >= 0.3 is 0 Å². The highest BCUT2D eigenvalue weighted by molar-refractivity contribution is 6.34. The van der Waals surface area contributed by atoms with Crippen molar-refractivity contribution >= 4 is 29.1 Å². The topological polar surface area (TPSA) is 59.0 Å². The molecule has 1 amide bonds. The van der Waals surface area contributed by atoms with Crippen molar-refractivity contribution in [2.24, 2.45) is 0 Å². The van der Waals surface area contributed by atoms with Gasteiger partial charge in [0.2, 0.25) is 0 Å². The molecule has 1 N–H and O–H groups in total. The number of hydrogen-bond donors (Lipinski definition) is 1. The van der Waals surface area contributed by atoms with E-state index in [1.165, 1.54) is 0 Å². The monoisotopic (exact) mass is 409 g/mol. The molecule has 1 aliphatic rings. The van der Waals surface area contributed by atoms with Crippen LogP contribution in [0, 0.1) is 0 Å². The number of phenols is 1. The van der Waals surface area contributed by atoms with E-state index in [1.54, 1.807) is 41.3 Å². The van der Waals surface area contributed by atoms with Crippen molar-refractivity contribution in [3.05, 3.63) is 58.1 Å². The van der Waals surface area contributed by atoms with Crippen molar-refractivity contribution in [2.75, 3.05) is 19.8 Å². The van der Waals surface area contributed by atoms with E-state index in [4.69, 9.17) is 32.7 Å². The Hall–Kier alpha value is -1.95. The zero-order valence-corrected chi connectivity index (χ0v) is 16.2. The van der Waals surface area contributed by atoms with Gasteiger partial charge in [-0.05, 0) is 31.0 Å². The Morgan fingerprint density at radius 2 is 2.07 bits per heavy atom. The zero-order chi connectivity index (χ0) is 19.2. The molecule has 1 heterocycles. The zero-order valence-electron chi connectivity index (χ0n) is 14.7. The van der Waals surface area contributed by atoms with Crippen LogP contribution in [0.2, 0.25) is 10.0 Å². The van der Waals surface area contributed by atoms with Gasteiger partial charge in [0.1, 0.15) is 11.5 Å². The highest BCUT2D eigenvalue weighted by atomic mass is 35.5. The highest BCUT2D eigenvalue weighted by Crippen LogP contribution is 2.28. The molecule has 1 fully saturated rings. The number of carbonyl (C=O) groups excluding carboxylic acids is 1. The maximum atomic E-state index is 12.8.